The predicted molar refractivity (Wildman–Crippen MR) is 84.7 cm³/mol. The molecule has 0 bridgehead atoms. The lowest BCUT2D eigenvalue weighted by atomic mass is 10.2. The number of carbonyl (C=O) groups is 1. The number of para-hydroxylation sites is 1. The lowest BCUT2D eigenvalue weighted by Crippen LogP contribution is -2.28. The highest BCUT2D eigenvalue weighted by molar-refractivity contribution is 7.09. The molecule has 0 aliphatic carbocycles. The zero-order valence-electron chi connectivity index (χ0n) is 11.9. The molecule has 7 heteroatoms. The minimum Gasteiger partial charge on any atom is -0.348 e. The van der Waals surface area contributed by atoms with Crippen LogP contribution in [0, 0.1) is 6.92 Å². The van der Waals surface area contributed by atoms with Crippen LogP contribution in [0.2, 0.25) is 0 Å². The van der Waals surface area contributed by atoms with Crippen molar-refractivity contribution in [2.24, 2.45) is 0 Å². The molecule has 0 saturated carbocycles. The largest absolute Gasteiger partial charge is 0.348 e. The molecule has 112 valence electrons. The molecule has 1 aromatic carbocycles. The molecule has 0 unspecified atom stereocenters. The van der Waals surface area contributed by atoms with Crippen molar-refractivity contribution in [1.29, 1.82) is 0 Å². The second-order valence-corrected chi connectivity index (χ2v) is 5.79. The number of hydrogen-bond donors (Lipinski definition) is 1. The van der Waals surface area contributed by atoms with E-state index in [0.29, 0.717) is 17.4 Å². The maximum Gasteiger partial charge on any atom is 0.242 e. The van der Waals surface area contributed by atoms with Crippen LogP contribution in [0.15, 0.2) is 40.6 Å². The van der Waals surface area contributed by atoms with Crippen molar-refractivity contribution < 1.29 is 4.79 Å². The van der Waals surface area contributed by atoms with Gasteiger partial charge in [-0.05, 0) is 19.1 Å². The van der Waals surface area contributed by atoms with Crippen molar-refractivity contribution in [2.75, 3.05) is 0 Å². The summed E-state index contributed by atoms with van der Waals surface area (Å²) in [7, 11) is 0. The fourth-order valence-electron chi connectivity index (χ4n) is 2.14. The van der Waals surface area contributed by atoms with Crippen LogP contribution in [0.3, 0.4) is 0 Å². The minimum atomic E-state index is -0.172. The summed E-state index contributed by atoms with van der Waals surface area (Å²) < 4.78 is 1.53. The van der Waals surface area contributed by atoms with Crippen LogP contribution in [-0.4, -0.2) is 20.7 Å². The Morgan fingerprint density at radius 2 is 2.18 bits per heavy atom. The minimum absolute atomic E-state index is 0.0607. The molecule has 0 aliphatic rings. The number of fused-ring (bicyclic) bond motifs is 1. The van der Waals surface area contributed by atoms with Crippen molar-refractivity contribution in [3.63, 3.8) is 0 Å². The van der Waals surface area contributed by atoms with E-state index in [1.807, 2.05) is 18.4 Å². The number of benzene rings is 1. The van der Waals surface area contributed by atoms with Gasteiger partial charge in [-0.2, -0.15) is 5.10 Å². The number of nitrogens with zero attached hydrogens (tertiary/aromatic N) is 3. The fraction of sp³-hybridized carbons (Fsp3) is 0.200. The quantitative estimate of drug-likeness (QED) is 0.791. The summed E-state index contributed by atoms with van der Waals surface area (Å²) in [4.78, 5) is 28.1. The van der Waals surface area contributed by atoms with Crippen LogP contribution in [0.25, 0.3) is 10.9 Å². The average molecular weight is 314 g/mol. The molecule has 1 N–H and O–H groups in total. The number of hydrogen-bond acceptors (Lipinski definition) is 5. The van der Waals surface area contributed by atoms with Crippen LogP contribution in [0.1, 0.15) is 10.7 Å². The summed E-state index contributed by atoms with van der Waals surface area (Å²) >= 11 is 1.51. The van der Waals surface area contributed by atoms with Crippen molar-refractivity contribution in [1.82, 2.24) is 20.1 Å². The van der Waals surface area contributed by atoms with E-state index in [-0.39, 0.29) is 17.9 Å². The third-order valence-electron chi connectivity index (χ3n) is 3.16. The monoisotopic (exact) mass is 314 g/mol. The normalized spacial score (nSPS) is 10.8. The molecule has 0 saturated heterocycles. The predicted octanol–water partition coefficient (Wildman–Crippen LogP) is 1.48. The molecular formula is C15H14N4O2S. The van der Waals surface area contributed by atoms with Gasteiger partial charge in [0, 0.05) is 16.5 Å². The molecule has 2 heterocycles. The first kappa shape index (κ1) is 14.4. The summed E-state index contributed by atoms with van der Waals surface area (Å²) in [6.07, 6.45) is 1.24. The smallest absolute Gasteiger partial charge is 0.242 e. The topological polar surface area (TPSA) is 76.9 Å². The SMILES string of the molecule is Cc1csc(CNC(=O)Cn2ncc(=O)c3ccccc32)n1. The van der Waals surface area contributed by atoms with Crippen LogP contribution >= 0.6 is 11.3 Å². The van der Waals surface area contributed by atoms with Gasteiger partial charge in [-0.1, -0.05) is 12.1 Å². The van der Waals surface area contributed by atoms with Crippen LogP contribution in [0.5, 0.6) is 0 Å². The Morgan fingerprint density at radius 3 is 2.95 bits per heavy atom. The van der Waals surface area contributed by atoms with Gasteiger partial charge in [-0.15, -0.1) is 11.3 Å². The zero-order chi connectivity index (χ0) is 15.5. The van der Waals surface area contributed by atoms with E-state index in [9.17, 15) is 9.59 Å². The van der Waals surface area contributed by atoms with E-state index in [0.717, 1.165) is 10.7 Å². The summed E-state index contributed by atoms with van der Waals surface area (Å²) in [5.41, 5.74) is 1.45. The molecule has 0 spiro atoms. The summed E-state index contributed by atoms with van der Waals surface area (Å²) in [5.74, 6) is -0.172. The molecule has 0 fully saturated rings. The Bertz CT molecular complexity index is 884. The van der Waals surface area contributed by atoms with Crippen LogP contribution < -0.4 is 10.7 Å². The molecule has 1 amide bonds. The lowest BCUT2D eigenvalue weighted by Gasteiger charge is -2.09. The van der Waals surface area contributed by atoms with Gasteiger partial charge in [-0.3, -0.25) is 14.3 Å². The maximum absolute atomic E-state index is 12.0. The van der Waals surface area contributed by atoms with Crippen molar-refractivity contribution >= 4 is 28.1 Å². The van der Waals surface area contributed by atoms with E-state index < -0.39 is 0 Å². The van der Waals surface area contributed by atoms with Gasteiger partial charge in [0.1, 0.15) is 11.6 Å². The maximum atomic E-state index is 12.0. The van der Waals surface area contributed by atoms with Crippen molar-refractivity contribution in [3.05, 3.63) is 56.8 Å². The highest BCUT2D eigenvalue weighted by Crippen LogP contribution is 2.09. The molecule has 2 aromatic heterocycles. The van der Waals surface area contributed by atoms with Gasteiger partial charge in [-0.25, -0.2) is 4.98 Å². The molecule has 0 radical (unpaired) electrons. The third-order valence-corrected chi connectivity index (χ3v) is 4.13. The number of amides is 1. The fourth-order valence-corrected chi connectivity index (χ4v) is 2.85. The van der Waals surface area contributed by atoms with E-state index >= 15 is 0 Å². The molecule has 3 aromatic rings. The Balaban J connectivity index is 1.74. The number of aromatic nitrogens is 3. The van der Waals surface area contributed by atoms with Gasteiger partial charge < -0.3 is 5.32 Å². The number of thiazole rings is 1. The standard InChI is InChI=1S/C15H14N4O2S/c1-10-9-22-15(18-10)7-16-14(21)8-19-12-5-3-2-4-11(12)13(20)6-17-19/h2-6,9H,7-8H2,1H3,(H,16,21). The molecule has 3 rings (SSSR count). The van der Waals surface area contributed by atoms with Crippen molar-refractivity contribution in [2.45, 2.75) is 20.0 Å². The zero-order valence-corrected chi connectivity index (χ0v) is 12.8. The Morgan fingerprint density at radius 1 is 1.36 bits per heavy atom. The van der Waals surface area contributed by atoms with E-state index in [1.54, 1.807) is 18.2 Å². The summed E-state index contributed by atoms with van der Waals surface area (Å²) in [5, 5.41) is 10.2. The number of carbonyl (C=O) groups excluding carboxylic acids is 1. The van der Waals surface area contributed by atoms with E-state index in [2.05, 4.69) is 15.4 Å². The lowest BCUT2D eigenvalue weighted by molar-refractivity contribution is -0.121. The highest BCUT2D eigenvalue weighted by atomic mass is 32.1. The van der Waals surface area contributed by atoms with Crippen LogP contribution in [0.4, 0.5) is 0 Å². The van der Waals surface area contributed by atoms with E-state index in [4.69, 9.17) is 0 Å². The third kappa shape index (κ3) is 3.04. The Labute approximate surface area is 130 Å². The Hall–Kier alpha value is -2.54. The van der Waals surface area contributed by atoms with Gasteiger partial charge in [0.05, 0.1) is 18.3 Å². The van der Waals surface area contributed by atoms with Gasteiger partial charge >= 0.3 is 0 Å². The summed E-state index contributed by atoms with van der Waals surface area (Å²) in [6.45, 7) is 2.37. The summed E-state index contributed by atoms with van der Waals surface area (Å²) in [6, 6.07) is 7.11. The van der Waals surface area contributed by atoms with Gasteiger partial charge in [0.15, 0.2) is 0 Å². The van der Waals surface area contributed by atoms with Gasteiger partial charge in [0.2, 0.25) is 11.3 Å². The number of aryl methyl sites for hydroxylation is 1. The Kier molecular flexibility index (Phi) is 3.97. The van der Waals surface area contributed by atoms with E-state index in [1.165, 1.54) is 22.2 Å². The molecule has 22 heavy (non-hydrogen) atoms. The number of rotatable bonds is 4. The second kappa shape index (κ2) is 6.07. The first-order valence-electron chi connectivity index (χ1n) is 6.76. The number of nitrogens with one attached hydrogen (secondary N) is 1. The van der Waals surface area contributed by atoms with Crippen molar-refractivity contribution in [3.8, 4) is 0 Å². The van der Waals surface area contributed by atoms with Crippen LogP contribution in [-0.2, 0) is 17.9 Å². The average Bonchev–Trinajstić information content (AvgIpc) is 2.94. The molecule has 0 atom stereocenters. The first-order chi connectivity index (χ1) is 10.6. The second-order valence-electron chi connectivity index (χ2n) is 4.84. The molecule has 6 nitrogen and oxygen atoms in total. The first-order valence-corrected chi connectivity index (χ1v) is 7.64. The van der Waals surface area contributed by atoms with Gasteiger partial charge in [0.25, 0.3) is 0 Å². The highest BCUT2D eigenvalue weighted by Gasteiger charge is 2.08. The molecular weight excluding hydrogens is 300 g/mol. The molecule has 0 aliphatic heterocycles.